The Bertz CT molecular complexity index is 1910. The summed E-state index contributed by atoms with van der Waals surface area (Å²) in [5.74, 6) is 1.27. The quantitative estimate of drug-likeness (QED) is 0.181. The molecule has 9 rings (SSSR count). The molecule has 0 aromatic heterocycles. The molecule has 2 bridgehead atoms. The van der Waals surface area contributed by atoms with Gasteiger partial charge in [-0.15, -0.1) is 0 Å². The SMILES string of the molecule is c1ccc(N(c2ccccc2)c2ccc3c(c2)c2c(c4cc(N(c5ccccc5)c5ccccc5)ccc43)C3CCC2C3)cc1. The van der Waals surface area contributed by atoms with Crippen LogP contribution in [0.3, 0.4) is 0 Å². The average molecular weight is 579 g/mol. The number of nitrogens with zero attached hydrogens (tertiary/aromatic N) is 2. The van der Waals surface area contributed by atoms with Gasteiger partial charge >= 0.3 is 0 Å². The predicted molar refractivity (Wildman–Crippen MR) is 190 cm³/mol. The van der Waals surface area contributed by atoms with Gasteiger partial charge in [0.05, 0.1) is 0 Å². The zero-order valence-electron chi connectivity index (χ0n) is 25.2. The fourth-order valence-corrected chi connectivity index (χ4v) is 8.14. The highest BCUT2D eigenvalue weighted by atomic mass is 15.1. The fourth-order valence-electron chi connectivity index (χ4n) is 8.14. The molecule has 2 unspecified atom stereocenters. The maximum atomic E-state index is 2.47. The lowest BCUT2D eigenvalue weighted by Gasteiger charge is -2.28. The first-order valence-corrected chi connectivity index (χ1v) is 16.2. The van der Waals surface area contributed by atoms with E-state index in [2.05, 4.69) is 168 Å². The van der Waals surface area contributed by atoms with E-state index < -0.39 is 0 Å². The number of para-hydroxylation sites is 4. The molecule has 7 aromatic carbocycles. The third kappa shape index (κ3) is 4.32. The van der Waals surface area contributed by atoms with Gasteiger partial charge in [-0.1, -0.05) is 84.9 Å². The topological polar surface area (TPSA) is 6.48 Å². The Balaban J connectivity index is 1.27. The van der Waals surface area contributed by atoms with E-state index >= 15 is 0 Å². The minimum Gasteiger partial charge on any atom is -0.310 e. The highest BCUT2D eigenvalue weighted by Crippen LogP contribution is 2.58. The van der Waals surface area contributed by atoms with Crippen LogP contribution in [-0.2, 0) is 0 Å². The van der Waals surface area contributed by atoms with Crippen molar-refractivity contribution < 1.29 is 0 Å². The van der Waals surface area contributed by atoms with Gasteiger partial charge in [0, 0.05) is 34.1 Å². The summed E-state index contributed by atoms with van der Waals surface area (Å²) in [4.78, 5) is 4.79. The minimum atomic E-state index is 0.636. The summed E-state index contributed by atoms with van der Waals surface area (Å²) in [6, 6.07) is 57.4. The zero-order valence-corrected chi connectivity index (χ0v) is 25.2. The Morgan fingerprint density at radius 1 is 0.333 bits per heavy atom. The molecule has 2 heteroatoms. The van der Waals surface area contributed by atoms with Crippen molar-refractivity contribution in [1.29, 1.82) is 0 Å². The minimum absolute atomic E-state index is 0.636. The first kappa shape index (κ1) is 26.1. The lowest BCUT2D eigenvalue weighted by molar-refractivity contribution is 0.726. The van der Waals surface area contributed by atoms with E-state index in [4.69, 9.17) is 0 Å². The molecule has 0 amide bonds. The van der Waals surface area contributed by atoms with Crippen LogP contribution in [0.25, 0.3) is 21.5 Å². The van der Waals surface area contributed by atoms with Gasteiger partial charge in [-0.05, 0) is 137 Å². The molecule has 2 aliphatic carbocycles. The third-order valence-electron chi connectivity index (χ3n) is 9.99. The van der Waals surface area contributed by atoms with Crippen molar-refractivity contribution in [3.05, 3.63) is 169 Å². The maximum Gasteiger partial charge on any atom is 0.0468 e. The van der Waals surface area contributed by atoms with Crippen LogP contribution in [0, 0.1) is 0 Å². The second-order valence-corrected chi connectivity index (χ2v) is 12.5. The number of benzene rings is 7. The van der Waals surface area contributed by atoms with Crippen LogP contribution in [0.2, 0.25) is 0 Å². The van der Waals surface area contributed by atoms with Gasteiger partial charge in [0.1, 0.15) is 0 Å². The van der Waals surface area contributed by atoms with Crippen LogP contribution in [0.4, 0.5) is 34.1 Å². The highest BCUT2D eigenvalue weighted by Gasteiger charge is 2.39. The van der Waals surface area contributed by atoms with Crippen LogP contribution in [0.15, 0.2) is 158 Å². The van der Waals surface area contributed by atoms with E-state index in [9.17, 15) is 0 Å². The Hall–Kier alpha value is -5.34. The summed E-state index contributed by atoms with van der Waals surface area (Å²) in [6.07, 6.45) is 3.87. The predicted octanol–water partition coefficient (Wildman–Crippen LogP) is 12.3. The smallest absolute Gasteiger partial charge is 0.0468 e. The molecule has 2 atom stereocenters. The molecule has 7 aromatic rings. The summed E-state index contributed by atoms with van der Waals surface area (Å²) in [5, 5.41) is 5.57. The van der Waals surface area contributed by atoms with Gasteiger partial charge in [-0.3, -0.25) is 0 Å². The third-order valence-corrected chi connectivity index (χ3v) is 9.99. The summed E-state index contributed by atoms with van der Waals surface area (Å²) in [5.41, 5.74) is 10.3. The second-order valence-electron chi connectivity index (χ2n) is 12.5. The number of hydrogen-bond acceptors (Lipinski definition) is 2. The molecule has 0 N–H and O–H groups in total. The van der Waals surface area contributed by atoms with E-state index in [-0.39, 0.29) is 0 Å². The molecule has 1 fully saturated rings. The molecular weight excluding hydrogens is 544 g/mol. The molecule has 0 heterocycles. The molecule has 2 nitrogen and oxygen atoms in total. The van der Waals surface area contributed by atoms with Crippen molar-refractivity contribution >= 4 is 55.7 Å². The van der Waals surface area contributed by atoms with Crippen LogP contribution in [0.1, 0.15) is 42.2 Å². The zero-order chi connectivity index (χ0) is 29.7. The molecule has 0 saturated heterocycles. The number of fused-ring (bicyclic) bond motifs is 10. The second kappa shape index (κ2) is 10.7. The lowest BCUT2D eigenvalue weighted by Crippen LogP contribution is -2.11. The van der Waals surface area contributed by atoms with Crippen LogP contribution in [-0.4, -0.2) is 0 Å². The largest absolute Gasteiger partial charge is 0.310 e. The van der Waals surface area contributed by atoms with Crippen molar-refractivity contribution in [2.24, 2.45) is 0 Å². The first-order chi connectivity index (χ1) is 22.3. The highest BCUT2D eigenvalue weighted by molar-refractivity contribution is 6.13. The average Bonchev–Trinajstić information content (AvgIpc) is 3.74. The normalized spacial score (nSPS) is 16.6. The van der Waals surface area contributed by atoms with E-state index in [1.54, 1.807) is 11.1 Å². The van der Waals surface area contributed by atoms with Crippen LogP contribution in [0.5, 0.6) is 0 Å². The van der Waals surface area contributed by atoms with E-state index in [1.165, 1.54) is 74.9 Å². The van der Waals surface area contributed by atoms with Crippen molar-refractivity contribution in [2.75, 3.05) is 9.80 Å². The lowest BCUT2D eigenvalue weighted by atomic mass is 9.83. The Kier molecular flexibility index (Phi) is 6.19. The molecule has 216 valence electrons. The Labute approximate surface area is 264 Å². The van der Waals surface area contributed by atoms with Crippen molar-refractivity contribution in [1.82, 2.24) is 0 Å². The number of anilines is 6. The molecule has 45 heavy (non-hydrogen) atoms. The molecule has 0 aliphatic heterocycles. The monoisotopic (exact) mass is 578 g/mol. The number of rotatable bonds is 6. The van der Waals surface area contributed by atoms with Crippen molar-refractivity contribution in [2.45, 2.75) is 31.1 Å². The molecule has 2 aliphatic rings. The molecular formula is C43H34N2. The van der Waals surface area contributed by atoms with E-state index in [0.717, 1.165) is 0 Å². The number of hydrogen-bond donors (Lipinski definition) is 0. The van der Waals surface area contributed by atoms with E-state index in [1.807, 2.05) is 0 Å². The van der Waals surface area contributed by atoms with Crippen molar-refractivity contribution in [3.8, 4) is 0 Å². The summed E-state index contributed by atoms with van der Waals surface area (Å²) >= 11 is 0. The molecule has 1 saturated carbocycles. The van der Waals surface area contributed by atoms with E-state index in [0.29, 0.717) is 11.8 Å². The summed E-state index contributed by atoms with van der Waals surface area (Å²) in [6.45, 7) is 0. The molecule has 0 radical (unpaired) electrons. The van der Waals surface area contributed by atoms with Gasteiger partial charge in [0.15, 0.2) is 0 Å². The van der Waals surface area contributed by atoms with Gasteiger partial charge in [-0.2, -0.15) is 0 Å². The van der Waals surface area contributed by atoms with Gasteiger partial charge < -0.3 is 9.80 Å². The van der Waals surface area contributed by atoms with Crippen molar-refractivity contribution in [3.63, 3.8) is 0 Å². The van der Waals surface area contributed by atoms with Crippen LogP contribution < -0.4 is 9.80 Å². The standard InChI is InChI=1S/C43H34N2/c1-5-13-32(14-6-1)44(33-15-7-2-8-16-33)36-23-25-38-39-26-24-37(45(34-17-9-3-10-18-34)35-19-11-4-12-20-35)29-41(39)43-31-22-21-30(27-31)42(43)40(38)28-36/h1-20,23-26,28-31H,21-22,27H2. The maximum absolute atomic E-state index is 2.47. The summed E-state index contributed by atoms with van der Waals surface area (Å²) in [7, 11) is 0. The first-order valence-electron chi connectivity index (χ1n) is 16.2. The fraction of sp³-hybridized carbons (Fsp3) is 0.116. The summed E-state index contributed by atoms with van der Waals surface area (Å²) < 4.78 is 0. The molecule has 0 spiro atoms. The Morgan fingerprint density at radius 3 is 1.00 bits per heavy atom. The van der Waals surface area contributed by atoms with Gasteiger partial charge in [0.2, 0.25) is 0 Å². The van der Waals surface area contributed by atoms with Gasteiger partial charge in [0.25, 0.3) is 0 Å². The van der Waals surface area contributed by atoms with Crippen LogP contribution >= 0.6 is 0 Å². The Morgan fingerprint density at radius 2 is 0.667 bits per heavy atom. The van der Waals surface area contributed by atoms with Gasteiger partial charge in [-0.25, -0.2) is 0 Å².